The Morgan fingerprint density at radius 2 is 1.00 bits per heavy atom. The Labute approximate surface area is 73.6 Å². The molecule has 0 saturated heterocycles. The van der Waals surface area contributed by atoms with Gasteiger partial charge in [0.2, 0.25) is 0 Å². The second-order valence-corrected chi connectivity index (χ2v) is 2.48. The normalized spacial score (nSPS) is 14.7. The van der Waals surface area contributed by atoms with Crippen LogP contribution in [0.3, 0.4) is 0 Å². The number of hydrogen-bond donors (Lipinski definition) is 0. The van der Waals surface area contributed by atoms with Crippen molar-refractivity contribution in [3.05, 3.63) is 0 Å². The molecule has 0 aromatic heterocycles. The van der Waals surface area contributed by atoms with Crippen LogP contribution in [0.2, 0.25) is 0 Å². The van der Waals surface area contributed by atoms with Gasteiger partial charge in [-0.25, -0.2) is 0 Å². The number of halogens is 9. The van der Waals surface area contributed by atoms with Crippen molar-refractivity contribution in [2.24, 2.45) is 4.36 Å². The summed E-state index contributed by atoms with van der Waals surface area (Å²) in [6.07, 6.45) is -13.1. The molecule has 0 aromatic carbocycles. The lowest BCUT2D eigenvalue weighted by Gasteiger charge is -2.24. The summed E-state index contributed by atoms with van der Waals surface area (Å²) < 4.78 is 104. The molecule has 0 saturated carbocycles. The van der Waals surface area contributed by atoms with E-state index in [1.54, 1.807) is 0 Å². The van der Waals surface area contributed by atoms with E-state index < -0.39 is 29.6 Å². The third kappa shape index (κ3) is 2.51. The van der Waals surface area contributed by atoms with Crippen molar-refractivity contribution in [3.63, 3.8) is 0 Å². The predicted octanol–water partition coefficient (Wildman–Crippen LogP) is 3.35. The first-order chi connectivity index (χ1) is 5.92. The van der Waals surface area contributed by atoms with Gasteiger partial charge in [-0.15, -0.1) is 12.1 Å². The van der Waals surface area contributed by atoms with Gasteiger partial charge in [0.05, 0.1) is 0 Å². The van der Waals surface area contributed by atoms with Crippen LogP contribution in [0.25, 0.3) is 0 Å². The maximum Gasteiger partial charge on any atom is 0.454 e. The first kappa shape index (κ1) is 13.5. The number of nitrogens with zero attached hydrogens (tertiary/aromatic N) is 1. The fourth-order valence-electron chi connectivity index (χ4n) is 0.359. The topological polar surface area (TPSA) is 12.4 Å². The molecule has 0 N–H and O–H groups in total. The molecular weight excluding hydrogens is 253 g/mol. The van der Waals surface area contributed by atoms with Crippen molar-refractivity contribution in [2.45, 2.75) is 18.1 Å². The number of alkyl halides is 7. The van der Waals surface area contributed by atoms with E-state index in [0.717, 1.165) is 4.36 Å². The molecular formula is C3F9NS. The fourth-order valence-corrected chi connectivity index (χ4v) is 0.757. The van der Waals surface area contributed by atoms with Gasteiger partial charge in [0.1, 0.15) is 0 Å². The predicted molar refractivity (Wildman–Crippen MR) is 28.0 cm³/mol. The van der Waals surface area contributed by atoms with Crippen LogP contribution in [-0.2, 0) is 11.5 Å². The molecule has 0 atom stereocenters. The Morgan fingerprint density at radius 1 is 0.714 bits per heavy atom. The van der Waals surface area contributed by atoms with Crippen LogP contribution in [0, 0.1) is 0 Å². The molecule has 14 heavy (non-hydrogen) atoms. The van der Waals surface area contributed by atoms with Gasteiger partial charge in [-0.3, -0.25) is 0 Å². The molecule has 86 valence electrons. The highest BCUT2D eigenvalue weighted by molar-refractivity contribution is 7.76. The smallest absolute Gasteiger partial charge is 0.196 e. The van der Waals surface area contributed by atoms with Crippen LogP contribution in [0.5, 0.6) is 0 Å². The van der Waals surface area contributed by atoms with Crippen molar-refractivity contribution in [3.8, 4) is 0 Å². The molecule has 0 unspecified atom stereocenters. The highest BCUT2D eigenvalue weighted by Gasteiger charge is 2.74. The van der Waals surface area contributed by atoms with E-state index in [0.29, 0.717) is 0 Å². The number of rotatable bonds is 1. The monoisotopic (exact) mass is 253 g/mol. The molecule has 0 aliphatic heterocycles. The van der Waals surface area contributed by atoms with Crippen LogP contribution >= 0.6 is 0 Å². The lowest BCUT2D eigenvalue weighted by atomic mass is 10.2. The Bertz CT molecular complexity index is 219. The Morgan fingerprint density at radius 3 is 1.07 bits per heavy atom. The zero-order valence-corrected chi connectivity index (χ0v) is 6.57. The Hall–Kier alpha value is -0.480. The molecule has 0 heterocycles. The first-order valence-corrected chi connectivity index (χ1v) is 3.52. The molecule has 0 radical (unpaired) electrons. The Balaban J connectivity index is 5.41. The average Bonchev–Trinajstić information content (AvgIpc) is 1.79. The molecule has 0 bridgehead atoms. The third-order valence-electron chi connectivity index (χ3n) is 0.946. The van der Waals surface area contributed by atoms with Crippen LogP contribution < -0.4 is 0 Å². The lowest BCUT2D eigenvalue weighted by molar-refractivity contribution is -0.337. The van der Waals surface area contributed by atoms with Crippen LogP contribution in [0.15, 0.2) is 4.36 Å². The summed E-state index contributed by atoms with van der Waals surface area (Å²) >= 11 is -4.67. The van der Waals surface area contributed by atoms with Gasteiger partial charge in [-0.2, -0.15) is 30.7 Å². The second-order valence-electron chi connectivity index (χ2n) is 1.91. The lowest BCUT2D eigenvalue weighted by Crippen LogP contribution is -2.51. The third-order valence-corrected chi connectivity index (χ3v) is 1.34. The summed E-state index contributed by atoms with van der Waals surface area (Å²) in [5.74, 6) is -6.22. The summed E-state index contributed by atoms with van der Waals surface area (Å²) in [5, 5.41) is 0. The zero-order valence-electron chi connectivity index (χ0n) is 5.76. The molecule has 0 rings (SSSR count). The van der Waals surface area contributed by atoms with Crippen LogP contribution in [0.4, 0.5) is 38.5 Å². The van der Waals surface area contributed by atoms with E-state index in [2.05, 4.69) is 0 Å². The van der Waals surface area contributed by atoms with Crippen molar-refractivity contribution in [1.82, 2.24) is 0 Å². The summed E-state index contributed by atoms with van der Waals surface area (Å²) in [5.41, 5.74) is 0. The van der Waals surface area contributed by atoms with Crippen molar-refractivity contribution < 1.29 is 38.5 Å². The van der Waals surface area contributed by atoms with Gasteiger partial charge in [0.25, 0.3) is 11.5 Å². The summed E-state index contributed by atoms with van der Waals surface area (Å²) in [7, 11) is 0. The summed E-state index contributed by atoms with van der Waals surface area (Å²) in [6, 6.07) is 0. The van der Waals surface area contributed by atoms with Crippen molar-refractivity contribution in [2.75, 3.05) is 0 Å². The first-order valence-electron chi connectivity index (χ1n) is 2.54. The molecule has 0 aliphatic carbocycles. The van der Waals surface area contributed by atoms with Crippen molar-refractivity contribution in [1.29, 1.82) is 0 Å². The molecule has 0 aliphatic rings. The average molecular weight is 253 g/mol. The van der Waals surface area contributed by atoms with Gasteiger partial charge in [-0.1, -0.05) is 0 Å². The standard InChI is InChI=1S/C3F9NS/c4-1(2(5,6)7,3(8,9)10)13-14(11)12. The maximum atomic E-state index is 12.2. The highest BCUT2D eigenvalue weighted by atomic mass is 32.2. The molecule has 0 amide bonds. The maximum absolute atomic E-state index is 12.2. The summed E-state index contributed by atoms with van der Waals surface area (Å²) in [4.78, 5) is 0. The summed E-state index contributed by atoms with van der Waals surface area (Å²) in [6.45, 7) is 0. The minimum atomic E-state index is -6.56. The van der Waals surface area contributed by atoms with Gasteiger partial charge in [0.15, 0.2) is 0 Å². The SMILES string of the molecule is FS(F)=NC(F)(C(F)(F)F)C(F)(F)F. The van der Waals surface area contributed by atoms with E-state index in [4.69, 9.17) is 0 Å². The minimum absolute atomic E-state index is 0.729. The van der Waals surface area contributed by atoms with Gasteiger partial charge in [-0.05, 0) is 0 Å². The van der Waals surface area contributed by atoms with Gasteiger partial charge < -0.3 is 0 Å². The quantitative estimate of drug-likeness (QED) is 0.502. The van der Waals surface area contributed by atoms with E-state index in [1.807, 2.05) is 0 Å². The van der Waals surface area contributed by atoms with E-state index in [9.17, 15) is 38.5 Å². The largest absolute Gasteiger partial charge is 0.454 e. The fraction of sp³-hybridized carbons (Fsp3) is 1.00. The van der Waals surface area contributed by atoms with Gasteiger partial charge in [0, 0.05) is 0 Å². The van der Waals surface area contributed by atoms with E-state index in [-0.39, 0.29) is 0 Å². The molecule has 0 spiro atoms. The molecule has 0 fully saturated rings. The molecule has 1 nitrogen and oxygen atoms in total. The zero-order chi connectivity index (χ0) is 11.8. The van der Waals surface area contributed by atoms with E-state index >= 15 is 0 Å². The van der Waals surface area contributed by atoms with Crippen molar-refractivity contribution >= 4 is 11.5 Å². The Kier molecular flexibility index (Phi) is 3.46. The minimum Gasteiger partial charge on any atom is -0.196 e. The van der Waals surface area contributed by atoms with Crippen LogP contribution in [0.1, 0.15) is 0 Å². The van der Waals surface area contributed by atoms with E-state index in [1.165, 1.54) is 0 Å². The molecule has 11 heteroatoms. The van der Waals surface area contributed by atoms with Crippen LogP contribution in [-0.4, -0.2) is 18.1 Å². The number of hydrogen-bond acceptors (Lipinski definition) is 1. The second kappa shape index (κ2) is 3.59. The van der Waals surface area contributed by atoms with Gasteiger partial charge >= 0.3 is 18.1 Å². The highest BCUT2D eigenvalue weighted by Crippen LogP contribution is 2.47. The molecule has 0 aromatic rings.